The molecule has 2 heterocycles. The molecule has 0 radical (unpaired) electrons. The molecule has 8 heteroatoms. The van der Waals surface area contributed by atoms with Crippen LogP contribution in [0.5, 0.6) is 11.5 Å². The third-order valence-electron chi connectivity index (χ3n) is 12.5. The van der Waals surface area contributed by atoms with Crippen LogP contribution in [0.2, 0.25) is 0 Å². The van der Waals surface area contributed by atoms with E-state index in [1.165, 1.54) is 36.1 Å². The minimum absolute atomic E-state index is 0.0684. The van der Waals surface area contributed by atoms with Crippen molar-refractivity contribution in [1.82, 2.24) is 4.90 Å². The summed E-state index contributed by atoms with van der Waals surface area (Å²) in [6.45, 7) is 6.97. The minimum Gasteiger partial charge on any atom is -0.493 e. The number of hydrogen-bond acceptors (Lipinski definition) is 8. The van der Waals surface area contributed by atoms with Gasteiger partial charge in [0.1, 0.15) is 11.7 Å². The third-order valence-corrected chi connectivity index (χ3v) is 12.5. The van der Waals surface area contributed by atoms with Gasteiger partial charge in [-0.15, -0.1) is 0 Å². The molecule has 0 unspecified atom stereocenters. The van der Waals surface area contributed by atoms with Crippen molar-refractivity contribution in [1.29, 1.82) is 0 Å². The minimum atomic E-state index is -0.460. The van der Waals surface area contributed by atoms with Gasteiger partial charge in [-0.05, 0) is 74.6 Å². The number of rotatable bonds is 17. The van der Waals surface area contributed by atoms with Gasteiger partial charge in [-0.1, -0.05) is 36.4 Å². The van der Waals surface area contributed by atoms with E-state index in [1.54, 1.807) is 14.2 Å². The molecule has 2 aromatic carbocycles. The molecule has 1 saturated heterocycles. The van der Waals surface area contributed by atoms with E-state index < -0.39 is 5.60 Å². The van der Waals surface area contributed by atoms with Crippen LogP contribution in [-0.2, 0) is 42.1 Å². The van der Waals surface area contributed by atoms with Gasteiger partial charge in [0, 0.05) is 42.0 Å². The lowest BCUT2D eigenvalue weighted by Gasteiger charge is -2.74. The number of benzene rings is 2. The van der Waals surface area contributed by atoms with Gasteiger partial charge in [-0.2, -0.15) is 0 Å². The number of methoxy groups -OCH3 is 2. The SMILES string of the molecule is COCCOCCOCCO[C@]12CC[C@@]3(C[C@@H]1COCc1ccccc1)[C@H]1Cc4ccc(OC)c5c4[C@@]3(CCN1CC1CC1)[C@H]2O5. The fraction of sp³-hybridized carbons (Fsp3) is 0.684. The molecule has 4 bridgehead atoms. The molecule has 9 rings (SSSR count). The van der Waals surface area contributed by atoms with Gasteiger partial charge in [0.2, 0.25) is 0 Å². The Kier molecular flexibility index (Phi) is 8.57. The van der Waals surface area contributed by atoms with Gasteiger partial charge in [0.15, 0.2) is 11.5 Å². The highest BCUT2D eigenvalue weighted by atomic mass is 16.6. The summed E-state index contributed by atoms with van der Waals surface area (Å²) >= 11 is 0. The maximum atomic E-state index is 7.29. The zero-order chi connectivity index (χ0) is 31.2. The molecule has 0 amide bonds. The predicted octanol–water partition coefficient (Wildman–Crippen LogP) is 5.19. The van der Waals surface area contributed by atoms with Crippen LogP contribution in [0.25, 0.3) is 0 Å². The number of ether oxygens (including phenoxy) is 7. The largest absolute Gasteiger partial charge is 0.493 e. The van der Waals surface area contributed by atoms with Crippen molar-refractivity contribution in [3.63, 3.8) is 0 Å². The number of hydrogen-bond donors (Lipinski definition) is 0. The third kappa shape index (κ3) is 4.93. The van der Waals surface area contributed by atoms with Crippen LogP contribution in [0.15, 0.2) is 42.5 Å². The molecule has 7 aliphatic rings. The highest BCUT2D eigenvalue weighted by molar-refractivity contribution is 5.63. The molecule has 6 atom stereocenters. The molecule has 0 N–H and O–H groups in total. The molecule has 2 spiro atoms. The number of piperidine rings is 1. The Morgan fingerprint density at radius 1 is 0.870 bits per heavy atom. The van der Waals surface area contributed by atoms with E-state index in [0.717, 1.165) is 56.1 Å². The maximum absolute atomic E-state index is 7.29. The van der Waals surface area contributed by atoms with Crippen LogP contribution in [0, 0.1) is 17.3 Å². The smallest absolute Gasteiger partial charge is 0.165 e. The zero-order valence-electron chi connectivity index (χ0n) is 27.7. The van der Waals surface area contributed by atoms with E-state index >= 15 is 0 Å². The van der Waals surface area contributed by atoms with Crippen LogP contribution in [-0.4, -0.2) is 96.2 Å². The Labute approximate surface area is 273 Å². The number of likely N-dealkylation sites (tertiary alicyclic amines) is 1. The molecule has 0 aromatic heterocycles. The quantitative estimate of drug-likeness (QED) is 0.221. The van der Waals surface area contributed by atoms with E-state index in [1.807, 2.05) is 0 Å². The molecule has 4 saturated carbocycles. The highest BCUT2D eigenvalue weighted by Crippen LogP contribution is 2.76. The van der Waals surface area contributed by atoms with Gasteiger partial charge >= 0.3 is 0 Å². The summed E-state index contributed by atoms with van der Waals surface area (Å²) in [5, 5.41) is 0. The highest BCUT2D eigenvalue weighted by Gasteiger charge is 2.80. The van der Waals surface area contributed by atoms with Crippen molar-refractivity contribution in [3.05, 3.63) is 59.2 Å². The summed E-state index contributed by atoms with van der Waals surface area (Å²) in [7, 11) is 3.46. The Morgan fingerprint density at radius 2 is 1.67 bits per heavy atom. The van der Waals surface area contributed by atoms with Crippen molar-refractivity contribution < 1.29 is 33.2 Å². The lowest BCUT2D eigenvalue weighted by molar-refractivity contribution is -0.292. The van der Waals surface area contributed by atoms with E-state index in [9.17, 15) is 0 Å². The maximum Gasteiger partial charge on any atom is 0.165 e. The monoisotopic (exact) mass is 633 g/mol. The van der Waals surface area contributed by atoms with Crippen LogP contribution in [0.3, 0.4) is 0 Å². The second-order valence-electron chi connectivity index (χ2n) is 14.6. The summed E-state index contributed by atoms with van der Waals surface area (Å²) < 4.78 is 43.7. The Morgan fingerprint density at radius 3 is 2.46 bits per heavy atom. The molecule has 5 aliphatic carbocycles. The lowest BCUT2D eigenvalue weighted by Crippen LogP contribution is -2.81. The van der Waals surface area contributed by atoms with Crippen molar-refractivity contribution in [2.45, 2.75) is 74.7 Å². The fourth-order valence-electron chi connectivity index (χ4n) is 10.4. The van der Waals surface area contributed by atoms with Crippen molar-refractivity contribution in [2.24, 2.45) is 17.3 Å². The fourth-order valence-corrected chi connectivity index (χ4v) is 10.4. The molecule has 2 aromatic rings. The molecule has 46 heavy (non-hydrogen) atoms. The van der Waals surface area contributed by atoms with Crippen LogP contribution in [0.4, 0.5) is 0 Å². The molecule has 5 fully saturated rings. The van der Waals surface area contributed by atoms with Gasteiger partial charge in [0.25, 0.3) is 0 Å². The molecular weight excluding hydrogens is 582 g/mol. The standard InChI is InChI=1S/C38H51NO7/c1-40-16-17-42-18-19-43-20-21-45-38-13-12-36(23-30(38)26-44-25-28-6-4-3-5-7-28)32-22-29-10-11-31(41-2)34-33(29)37(36,35(38)46-34)14-15-39(32)24-27-8-9-27/h3-7,10-11,27,30,32,35H,8-9,12-26H2,1-2H3/t30-,32-,35-,36-,37+,38-/m1/s1. The van der Waals surface area contributed by atoms with Crippen LogP contribution >= 0.6 is 0 Å². The second-order valence-corrected chi connectivity index (χ2v) is 14.6. The van der Waals surface area contributed by atoms with E-state index in [4.69, 9.17) is 33.2 Å². The predicted molar refractivity (Wildman–Crippen MR) is 174 cm³/mol. The first-order chi connectivity index (χ1) is 22.6. The summed E-state index contributed by atoms with van der Waals surface area (Å²) in [5.41, 5.74) is 3.72. The van der Waals surface area contributed by atoms with Crippen molar-refractivity contribution in [3.8, 4) is 11.5 Å². The topological polar surface area (TPSA) is 67.9 Å². The molecule has 8 nitrogen and oxygen atoms in total. The van der Waals surface area contributed by atoms with Crippen molar-refractivity contribution in [2.75, 3.05) is 73.6 Å². The normalized spacial score (nSPS) is 33.6. The Bertz CT molecular complexity index is 1370. The Hall–Kier alpha value is -2.20. The summed E-state index contributed by atoms with van der Waals surface area (Å²) in [5.74, 6) is 2.94. The second kappa shape index (κ2) is 12.7. The first kappa shape index (κ1) is 31.1. The first-order valence-corrected chi connectivity index (χ1v) is 17.7. The van der Waals surface area contributed by atoms with Gasteiger partial charge < -0.3 is 33.2 Å². The van der Waals surface area contributed by atoms with Gasteiger partial charge in [-0.3, -0.25) is 4.90 Å². The van der Waals surface area contributed by atoms with Gasteiger partial charge in [0.05, 0.1) is 60.0 Å². The molecule has 250 valence electrons. The average molecular weight is 634 g/mol. The van der Waals surface area contributed by atoms with E-state index in [0.29, 0.717) is 58.9 Å². The summed E-state index contributed by atoms with van der Waals surface area (Å²) in [4.78, 5) is 2.90. The van der Waals surface area contributed by atoms with Crippen molar-refractivity contribution >= 4 is 0 Å². The Balaban J connectivity index is 1.10. The lowest BCUT2D eigenvalue weighted by atomic mass is 9.35. The van der Waals surface area contributed by atoms with Crippen LogP contribution in [0.1, 0.15) is 55.2 Å². The number of nitrogens with zero attached hydrogens (tertiary/aromatic N) is 1. The summed E-state index contributed by atoms with van der Waals surface area (Å²) in [6.07, 6.45) is 8.18. The van der Waals surface area contributed by atoms with E-state index in [-0.39, 0.29) is 22.9 Å². The average Bonchev–Trinajstić information content (AvgIpc) is 3.83. The molecule has 2 aliphatic heterocycles. The van der Waals surface area contributed by atoms with E-state index in [2.05, 4.69) is 47.4 Å². The first-order valence-electron chi connectivity index (χ1n) is 17.7. The molecular formula is C38H51NO7. The summed E-state index contributed by atoms with van der Waals surface area (Å²) in [6, 6.07) is 15.5. The van der Waals surface area contributed by atoms with Gasteiger partial charge in [-0.25, -0.2) is 0 Å². The zero-order valence-corrected chi connectivity index (χ0v) is 27.7. The number of fused-ring (bicyclic) bond motifs is 2. The van der Waals surface area contributed by atoms with Crippen LogP contribution < -0.4 is 9.47 Å².